The normalized spacial score (nSPS) is 24.2. The molecule has 128 valence electrons. The van der Waals surface area contributed by atoms with Gasteiger partial charge in [-0.05, 0) is 25.7 Å². The Bertz CT molecular complexity index is 695. The molecule has 8 heteroatoms. The van der Waals surface area contributed by atoms with Gasteiger partial charge in [-0.15, -0.1) is 10.2 Å². The van der Waals surface area contributed by atoms with Crippen molar-refractivity contribution in [3.8, 4) is 0 Å². The molecule has 0 bridgehead atoms. The summed E-state index contributed by atoms with van der Waals surface area (Å²) in [6.07, 6.45) is 7.06. The Kier molecular flexibility index (Phi) is 4.03. The van der Waals surface area contributed by atoms with Crippen molar-refractivity contribution in [3.05, 3.63) is 11.6 Å². The number of amides is 2. The van der Waals surface area contributed by atoms with E-state index in [-0.39, 0.29) is 17.9 Å². The van der Waals surface area contributed by atoms with Crippen molar-refractivity contribution in [1.82, 2.24) is 25.1 Å². The molecule has 1 saturated heterocycles. The van der Waals surface area contributed by atoms with Crippen LogP contribution in [-0.4, -0.2) is 43.7 Å². The second-order valence-corrected chi connectivity index (χ2v) is 6.69. The van der Waals surface area contributed by atoms with Crippen LogP contribution in [0.5, 0.6) is 0 Å². The van der Waals surface area contributed by atoms with Crippen LogP contribution in [0.2, 0.25) is 0 Å². The molecule has 3 aliphatic heterocycles. The molecule has 24 heavy (non-hydrogen) atoms. The standard InChI is InChI=1S/C16H22N6O2/c23-14-8-7-11(17-19-14)16(24)21-10-4-5-12(21)15-20-18-13-6-2-1-3-9-22(13)15/h12H,1-10H2,(H,19,23)/t12-/m0/s1. The quantitative estimate of drug-likeness (QED) is 0.873. The van der Waals surface area contributed by atoms with Crippen LogP contribution in [0.4, 0.5) is 0 Å². The van der Waals surface area contributed by atoms with Gasteiger partial charge in [0.25, 0.3) is 5.91 Å². The van der Waals surface area contributed by atoms with Crippen LogP contribution >= 0.6 is 0 Å². The van der Waals surface area contributed by atoms with Crippen LogP contribution < -0.4 is 5.43 Å². The topological polar surface area (TPSA) is 92.5 Å². The number of aromatic nitrogens is 3. The predicted molar refractivity (Wildman–Crippen MR) is 86.1 cm³/mol. The maximum atomic E-state index is 12.8. The number of likely N-dealkylation sites (tertiary alicyclic amines) is 1. The highest BCUT2D eigenvalue weighted by Gasteiger charge is 2.36. The molecule has 8 nitrogen and oxygen atoms in total. The summed E-state index contributed by atoms with van der Waals surface area (Å²) >= 11 is 0. The van der Waals surface area contributed by atoms with Crippen LogP contribution in [0, 0.1) is 0 Å². The lowest BCUT2D eigenvalue weighted by Gasteiger charge is -2.26. The minimum absolute atomic E-state index is 0.0304. The number of carbonyl (C=O) groups is 2. The van der Waals surface area contributed by atoms with Gasteiger partial charge >= 0.3 is 0 Å². The first-order valence-corrected chi connectivity index (χ1v) is 8.82. The zero-order valence-corrected chi connectivity index (χ0v) is 13.7. The van der Waals surface area contributed by atoms with Crippen molar-refractivity contribution in [1.29, 1.82) is 0 Å². The Labute approximate surface area is 140 Å². The summed E-state index contributed by atoms with van der Waals surface area (Å²) in [4.78, 5) is 25.9. The maximum Gasteiger partial charge on any atom is 0.270 e. The molecule has 4 rings (SSSR count). The second-order valence-electron chi connectivity index (χ2n) is 6.69. The van der Waals surface area contributed by atoms with Crippen molar-refractivity contribution < 1.29 is 9.59 Å². The van der Waals surface area contributed by atoms with Gasteiger partial charge in [0, 0.05) is 32.4 Å². The molecule has 1 aromatic rings. The number of hydrogen-bond donors (Lipinski definition) is 1. The summed E-state index contributed by atoms with van der Waals surface area (Å²) in [5.41, 5.74) is 2.85. The molecule has 1 aromatic heterocycles. The van der Waals surface area contributed by atoms with Gasteiger partial charge in [0.15, 0.2) is 5.82 Å². The van der Waals surface area contributed by atoms with Gasteiger partial charge in [-0.25, -0.2) is 5.43 Å². The van der Waals surface area contributed by atoms with Crippen molar-refractivity contribution in [2.75, 3.05) is 6.54 Å². The predicted octanol–water partition coefficient (Wildman–Crippen LogP) is 0.934. The summed E-state index contributed by atoms with van der Waals surface area (Å²) in [7, 11) is 0. The smallest absolute Gasteiger partial charge is 0.270 e. The van der Waals surface area contributed by atoms with E-state index in [1.165, 1.54) is 6.42 Å². The van der Waals surface area contributed by atoms with Crippen LogP contribution in [0.3, 0.4) is 0 Å². The third kappa shape index (κ3) is 2.70. The van der Waals surface area contributed by atoms with Gasteiger partial charge in [0.1, 0.15) is 11.5 Å². The Morgan fingerprint density at radius 1 is 1.04 bits per heavy atom. The molecule has 0 saturated carbocycles. The zero-order valence-electron chi connectivity index (χ0n) is 13.7. The zero-order chi connectivity index (χ0) is 16.5. The van der Waals surface area contributed by atoms with Crippen molar-refractivity contribution in [2.45, 2.75) is 64.0 Å². The fourth-order valence-corrected chi connectivity index (χ4v) is 3.83. The minimum atomic E-state index is -0.132. The fourth-order valence-electron chi connectivity index (χ4n) is 3.83. The molecule has 1 atom stereocenters. The van der Waals surface area contributed by atoms with Crippen molar-refractivity contribution >= 4 is 17.5 Å². The Morgan fingerprint density at radius 3 is 2.79 bits per heavy atom. The molecule has 4 heterocycles. The molecule has 1 N–H and O–H groups in total. The van der Waals surface area contributed by atoms with Gasteiger partial charge < -0.3 is 9.47 Å². The molecule has 3 aliphatic rings. The second kappa shape index (κ2) is 6.33. The Balaban J connectivity index is 1.58. The number of aryl methyl sites for hydroxylation is 1. The van der Waals surface area contributed by atoms with Gasteiger partial charge in [-0.3, -0.25) is 9.59 Å². The lowest BCUT2D eigenvalue weighted by Crippen LogP contribution is -2.40. The monoisotopic (exact) mass is 330 g/mol. The Morgan fingerprint density at radius 2 is 1.96 bits per heavy atom. The third-order valence-corrected chi connectivity index (χ3v) is 5.10. The average Bonchev–Trinajstić information content (AvgIpc) is 3.16. The first kappa shape index (κ1) is 15.3. The molecular weight excluding hydrogens is 308 g/mol. The summed E-state index contributed by atoms with van der Waals surface area (Å²) in [5.74, 6) is 1.75. The van der Waals surface area contributed by atoms with Crippen LogP contribution in [0.15, 0.2) is 5.10 Å². The van der Waals surface area contributed by atoms with Gasteiger partial charge in [0.2, 0.25) is 5.91 Å². The number of rotatable bonds is 2. The first-order valence-electron chi connectivity index (χ1n) is 8.82. The molecule has 0 spiro atoms. The molecular formula is C16H22N6O2. The lowest BCUT2D eigenvalue weighted by atomic mass is 10.1. The molecule has 0 aliphatic carbocycles. The lowest BCUT2D eigenvalue weighted by molar-refractivity contribution is -0.125. The van der Waals surface area contributed by atoms with Crippen molar-refractivity contribution in [2.24, 2.45) is 5.10 Å². The van der Waals surface area contributed by atoms with E-state index < -0.39 is 0 Å². The SMILES string of the molecule is O=C1CCC(C(=O)N2CCC[C@H]2c2nnc3n2CCCCC3)=NN1. The highest BCUT2D eigenvalue weighted by Crippen LogP contribution is 2.32. The van der Waals surface area contributed by atoms with E-state index in [0.29, 0.717) is 25.1 Å². The Hall–Kier alpha value is -2.25. The first-order chi connectivity index (χ1) is 11.7. The average molecular weight is 330 g/mol. The summed E-state index contributed by atoms with van der Waals surface area (Å²) < 4.78 is 2.22. The van der Waals surface area contributed by atoms with E-state index in [4.69, 9.17) is 0 Å². The van der Waals surface area contributed by atoms with E-state index in [0.717, 1.165) is 50.3 Å². The number of hydrogen-bond acceptors (Lipinski definition) is 5. The number of nitrogens with one attached hydrogen (secondary N) is 1. The van der Waals surface area contributed by atoms with Gasteiger partial charge in [-0.2, -0.15) is 5.10 Å². The molecule has 0 radical (unpaired) electrons. The third-order valence-electron chi connectivity index (χ3n) is 5.10. The minimum Gasteiger partial charge on any atom is -0.327 e. The van der Waals surface area contributed by atoms with E-state index in [2.05, 4.69) is 25.3 Å². The molecule has 1 fully saturated rings. The largest absolute Gasteiger partial charge is 0.327 e. The number of hydrazone groups is 1. The van der Waals surface area contributed by atoms with E-state index >= 15 is 0 Å². The summed E-state index contributed by atoms with van der Waals surface area (Å²) in [6, 6.07) is -0.0304. The van der Waals surface area contributed by atoms with Crippen LogP contribution in [0.25, 0.3) is 0 Å². The number of nitrogens with zero attached hydrogens (tertiary/aromatic N) is 5. The number of fused-ring (bicyclic) bond motifs is 1. The number of carbonyl (C=O) groups excluding carboxylic acids is 2. The van der Waals surface area contributed by atoms with E-state index in [9.17, 15) is 9.59 Å². The molecule has 0 unspecified atom stereocenters. The fraction of sp³-hybridized carbons (Fsp3) is 0.688. The molecule has 0 aromatic carbocycles. The molecule has 2 amide bonds. The van der Waals surface area contributed by atoms with E-state index in [1.807, 2.05) is 4.90 Å². The van der Waals surface area contributed by atoms with Crippen LogP contribution in [-0.2, 0) is 22.6 Å². The summed E-state index contributed by atoms with van der Waals surface area (Å²) in [6.45, 7) is 1.64. The highest BCUT2D eigenvalue weighted by atomic mass is 16.2. The van der Waals surface area contributed by atoms with Gasteiger partial charge in [-0.1, -0.05) is 6.42 Å². The van der Waals surface area contributed by atoms with Crippen molar-refractivity contribution in [3.63, 3.8) is 0 Å². The maximum absolute atomic E-state index is 12.8. The van der Waals surface area contributed by atoms with Gasteiger partial charge in [0.05, 0.1) is 6.04 Å². The van der Waals surface area contributed by atoms with Crippen LogP contribution in [0.1, 0.15) is 62.6 Å². The van der Waals surface area contributed by atoms with E-state index in [1.54, 1.807) is 0 Å². The highest BCUT2D eigenvalue weighted by molar-refractivity contribution is 6.39. The summed E-state index contributed by atoms with van der Waals surface area (Å²) in [5, 5.41) is 12.7.